The Labute approximate surface area is 314 Å². The highest BCUT2D eigenvalue weighted by Gasteiger charge is 2.45. The van der Waals surface area contributed by atoms with Gasteiger partial charge < -0.3 is 27.1 Å². The average molecular weight is 745 g/mol. The van der Waals surface area contributed by atoms with Crippen molar-refractivity contribution in [2.45, 2.75) is 169 Å². The van der Waals surface area contributed by atoms with Crippen LogP contribution < -0.4 is 9.05 Å². The predicted octanol–water partition coefficient (Wildman–Crippen LogP) is 13.9. The van der Waals surface area contributed by atoms with Gasteiger partial charge in [0.1, 0.15) is 11.5 Å². The Morgan fingerprint density at radius 1 is 0.510 bits per heavy atom. The van der Waals surface area contributed by atoms with Crippen LogP contribution in [0.25, 0.3) is 0 Å². The van der Waals surface area contributed by atoms with Gasteiger partial charge in [0.15, 0.2) is 0 Å². The molecular weight excluding hydrogens is 674 g/mol. The summed E-state index contributed by atoms with van der Waals surface area (Å²) in [5, 5.41) is 0. The number of aryl methyl sites for hydroxylation is 2. The fourth-order valence-corrected chi connectivity index (χ4v) is 9.23. The molecule has 0 atom stereocenters. The van der Waals surface area contributed by atoms with E-state index in [-0.39, 0.29) is 16.2 Å². The molecule has 2 aromatic rings. The molecule has 2 saturated heterocycles. The van der Waals surface area contributed by atoms with Crippen molar-refractivity contribution in [2.75, 3.05) is 26.4 Å². The van der Waals surface area contributed by atoms with Crippen LogP contribution in [-0.4, -0.2) is 26.4 Å². The maximum Gasteiger partial charge on any atom is 0.397 e. The maximum atomic E-state index is 6.41. The van der Waals surface area contributed by atoms with Crippen LogP contribution in [0.1, 0.15) is 168 Å². The largest absolute Gasteiger partial charge is 0.426 e. The van der Waals surface area contributed by atoms with E-state index in [1.54, 1.807) is 0 Å². The van der Waals surface area contributed by atoms with Crippen molar-refractivity contribution in [3.8, 4) is 11.5 Å². The third-order valence-electron chi connectivity index (χ3n) is 10.1. The molecule has 0 bridgehead atoms. The first kappa shape index (κ1) is 42.5. The zero-order valence-electron chi connectivity index (χ0n) is 33.5. The van der Waals surface area contributed by atoms with Crippen LogP contribution in [0.5, 0.6) is 11.5 Å². The lowest BCUT2D eigenvalue weighted by atomic mass is 9.85. The first-order valence-corrected chi connectivity index (χ1v) is 22.4. The first-order chi connectivity index (χ1) is 24.4. The Morgan fingerprint density at radius 3 is 1.18 bits per heavy atom. The summed E-state index contributed by atoms with van der Waals surface area (Å²) in [5.74, 6) is 1.70. The summed E-state index contributed by atoms with van der Waals surface area (Å²) in [6.45, 7) is 19.8. The van der Waals surface area contributed by atoms with Gasteiger partial charge in [-0.25, -0.2) is 0 Å². The van der Waals surface area contributed by atoms with E-state index in [9.17, 15) is 0 Å². The fourth-order valence-electron chi connectivity index (χ4n) is 6.72. The topological polar surface area (TPSA) is 55.4 Å². The van der Waals surface area contributed by atoms with Crippen LogP contribution in [0.2, 0.25) is 0 Å². The Hall–Kier alpha value is -1.26. The zero-order valence-corrected chi connectivity index (χ0v) is 35.2. The number of rotatable bonds is 20. The van der Waals surface area contributed by atoms with Crippen molar-refractivity contribution in [2.24, 2.45) is 5.41 Å². The van der Waals surface area contributed by atoms with Gasteiger partial charge >= 0.3 is 17.2 Å². The zero-order chi connectivity index (χ0) is 36.7. The third-order valence-corrected chi connectivity index (χ3v) is 12.1. The number of hydrogen-bond donors (Lipinski definition) is 0. The van der Waals surface area contributed by atoms with Crippen molar-refractivity contribution in [1.29, 1.82) is 0 Å². The van der Waals surface area contributed by atoms with Gasteiger partial charge in [-0.2, -0.15) is 0 Å². The molecule has 0 unspecified atom stereocenters. The molecule has 8 heteroatoms. The van der Waals surface area contributed by atoms with Gasteiger partial charge in [0.05, 0.1) is 31.8 Å². The van der Waals surface area contributed by atoms with E-state index in [1.807, 2.05) is 0 Å². The van der Waals surface area contributed by atoms with Gasteiger partial charge in [0, 0.05) is 11.1 Å². The van der Waals surface area contributed by atoms with Crippen LogP contribution in [-0.2, 0) is 41.8 Å². The lowest BCUT2D eigenvalue weighted by Crippen LogP contribution is -2.45. The monoisotopic (exact) mass is 744 g/mol. The average Bonchev–Trinajstić information content (AvgIpc) is 3.10. The molecule has 2 aliphatic rings. The highest BCUT2D eigenvalue weighted by Crippen LogP contribution is 2.54. The molecule has 0 aromatic heterocycles. The van der Waals surface area contributed by atoms with Crippen LogP contribution in [0.15, 0.2) is 36.4 Å². The van der Waals surface area contributed by atoms with Crippen molar-refractivity contribution in [3.63, 3.8) is 0 Å². The quantitative estimate of drug-likeness (QED) is 0.0994. The minimum atomic E-state index is -1.51. The molecule has 0 N–H and O–H groups in total. The predicted molar refractivity (Wildman–Crippen MR) is 215 cm³/mol. The van der Waals surface area contributed by atoms with E-state index in [0.29, 0.717) is 26.4 Å². The highest BCUT2D eigenvalue weighted by atomic mass is 31.2. The molecule has 0 amide bonds. The fraction of sp³-hybridized carbons (Fsp3) is 0.721. The van der Waals surface area contributed by atoms with E-state index >= 15 is 0 Å². The molecule has 2 aliphatic heterocycles. The SMILES string of the molecule is CCCCCCCCCc1ccc(OP2OCC3(CO2)COP(Oc2ccc(CCCCCCCCC)cc2C(C)(C)C)OC3)c(C(C)(C)C)c1. The third kappa shape index (κ3) is 14.2. The van der Waals surface area contributed by atoms with Gasteiger partial charge in [-0.1, -0.05) is 157 Å². The van der Waals surface area contributed by atoms with E-state index in [0.717, 1.165) is 24.3 Å². The summed E-state index contributed by atoms with van der Waals surface area (Å²) in [5.41, 5.74) is 4.67. The maximum absolute atomic E-state index is 6.41. The van der Waals surface area contributed by atoms with Crippen LogP contribution in [0.3, 0.4) is 0 Å². The molecule has 0 aliphatic carbocycles. The highest BCUT2D eigenvalue weighted by molar-refractivity contribution is 7.42. The first-order valence-electron chi connectivity index (χ1n) is 20.2. The normalized spacial score (nSPS) is 21.3. The molecule has 51 heavy (non-hydrogen) atoms. The van der Waals surface area contributed by atoms with Gasteiger partial charge in [-0.3, -0.25) is 0 Å². The van der Waals surface area contributed by atoms with E-state index in [1.165, 1.54) is 112 Å². The summed E-state index contributed by atoms with van der Waals surface area (Å²) in [6, 6.07) is 13.3. The summed E-state index contributed by atoms with van der Waals surface area (Å²) >= 11 is 0. The molecule has 0 saturated carbocycles. The van der Waals surface area contributed by atoms with Crippen LogP contribution >= 0.6 is 17.2 Å². The summed E-state index contributed by atoms with van der Waals surface area (Å²) < 4.78 is 37.7. The molecular formula is C43H70O6P2. The lowest BCUT2D eigenvalue weighted by molar-refractivity contribution is -0.0673. The molecule has 0 radical (unpaired) electrons. The Kier molecular flexibility index (Phi) is 17.5. The summed E-state index contributed by atoms with van der Waals surface area (Å²) in [4.78, 5) is 0. The minimum Gasteiger partial charge on any atom is -0.426 e. The Morgan fingerprint density at radius 2 is 0.843 bits per heavy atom. The van der Waals surface area contributed by atoms with Gasteiger partial charge in [0.2, 0.25) is 0 Å². The minimum absolute atomic E-state index is 0.0548. The molecule has 2 heterocycles. The van der Waals surface area contributed by atoms with E-state index < -0.39 is 17.2 Å². The Bertz CT molecular complexity index is 1180. The number of unbranched alkanes of at least 4 members (excludes halogenated alkanes) is 12. The van der Waals surface area contributed by atoms with Crippen LogP contribution in [0, 0.1) is 5.41 Å². The standard InChI is InChI=1S/C43H70O6P2/c1-9-11-13-15-17-19-21-23-35-25-27-39(37(29-35)41(3,4)5)48-50-44-31-43(32-45-50)33-46-51(47-34-43)49-40-28-26-36(30-38(40)42(6,7)8)24-22-20-18-16-14-12-10-2/h25-30H,9-24,31-34H2,1-8H3. The van der Waals surface area contributed by atoms with Crippen molar-refractivity contribution < 1.29 is 27.1 Å². The van der Waals surface area contributed by atoms with E-state index in [2.05, 4.69) is 91.8 Å². The molecule has 2 fully saturated rings. The lowest BCUT2D eigenvalue weighted by Gasteiger charge is -2.41. The Balaban J connectivity index is 1.24. The molecule has 1 spiro atoms. The molecule has 6 nitrogen and oxygen atoms in total. The molecule has 2 aromatic carbocycles. The van der Waals surface area contributed by atoms with Crippen molar-refractivity contribution >= 4 is 17.2 Å². The second kappa shape index (κ2) is 21.0. The van der Waals surface area contributed by atoms with Gasteiger partial charge in [-0.15, -0.1) is 0 Å². The van der Waals surface area contributed by atoms with Crippen molar-refractivity contribution in [3.05, 3.63) is 58.7 Å². The molecule has 288 valence electrons. The second-order valence-electron chi connectivity index (χ2n) is 17.1. The van der Waals surface area contributed by atoms with Gasteiger partial charge in [0.25, 0.3) is 0 Å². The van der Waals surface area contributed by atoms with Crippen molar-refractivity contribution in [1.82, 2.24) is 0 Å². The summed E-state index contributed by atoms with van der Waals surface area (Å²) in [7, 11) is -3.02. The van der Waals surface area contributed by atoms with E-state index in [4.69, 9.17) is 27.1 Å². The summed E-state index contributed by atoms with van der Waals surface area (Å²) in [6.07, 6.45) is 20.7. The van der Waals surface area contributed by atoms with Gasteiger partial charge in [-0.05, 0) is 59.8 Å². The number of hydrogen-bond acceptors (Lipinski definition) is 6. The van der Waals surface area contributed by atoms with Crippen LogP contribution in [0.4, 0.5) is 0 Å². The number of benzene rings is 2. The smallest absolute Gasteiger partial charge is 0.397 e. The molecule has 4 rings (SSSR count). The second-order valence-corrected chi connectivity index (χ2v) is 19.4.